The van der Waals surface area contributed by atoms with Gasteiger partial charge < -0.3 is 0 Å². The van der Waals surface area contributed by atoms with E-state index < -0.39 is 13.2 Å². The van der Waals surface area contributed by atoms with Gasteiger partial charge in [-0.2, -0.15) is 0 Å². The molecule has 0 spiro atoms. The Morgan fingerprint density at radius 3 is 2.00 bits per heavy atom. The molecule has 6 nitrogen and oxygen atoms in total. The first-order valence-corrected chi connectivity index (χ1v) is 7.54. The molecule has 0 aromatic rings. The molecule has 0 aromatic heterocycles. The molecule has 1 aliphatic heterocycles. The van der Waals surface area contributed by atoms with Crippen molar-refractivity contribution in [2.75, 3.05) is 21.3 Å². The molecule has 0 amide bonds. The van der Waals surface area contributed by atoms with Gasteiger partial charge in [0.05, 0.1) is 0 Å². The molecule has 0 aliphatic carbocycles. The fourth-order valence-electron chi connectivity index (χ4n) is 1.93. The van der Waals surface area contributed by atoms with Gasteiger partial charge in [0.2, 0.25) is 0 Å². The second kappa shape index (κ2) is 4.38. The molecule has 16 heavy (non-hydrogen) atoms. The molecule has 1 rings (SSSR count). The molecule has 0 fully saturated rings. The van der Waals surface area contributed by atoms with Gasteiger partial charge in [-0.3, -0.25) is 0 Å². The summed E-state index contributed by atoms with van der Waals surface area (Å²) in [5.74, 6) is 0.0610. The third-order valence-corrected chi connectivity index (χ3v) is 8.02. The van der Waals surface area contributed by atoms with Gasteiger partial charge in [-0.05, 0) is 0 Å². The van der Waals surface area contributed by atoms with Gasteiger partial charge in [0.1, 0.15) is 0 Å². The van der Waals surface area contributed by atoms with E-state index in [1.807, 2.05) is 13.8 Å². The van der Waals surface area contributed by atoms with Gasteiger partial charge in [-0.1, -0.05) is 0 Å². The molecular weight excluding hydrogens is 301 g/mol. The number of hydrogen-bond donors (Lipinski definition) is 0. The number of halogens is 1. The van der Waals surface area contributed by atoms with Crippen LogP contribution in [0.2, 0.25) is 0 Å². The van der Waals surface area contributed by atoms with Crippen molar-refractivity contribution >= 4 is 28.1 Å². The second-order valence-corrected chi connectivity index (χ2v) is 8.13. The fourth-order valence-corrected chi connectivity index (χ4v) is 6.85. The van der Waals surface area contributed by atoms with Crippen LogP contribution >= 0.6 is 23.4 Å². The van der Waals surface area contributed by atoms with Gasteiger partial charge >= 0.3 is 103 Å². The van der Waals surface area contributed by atoms with Crippen LogP contribution in [0, 0.1) is 11.1 Å². The third kappa shape index (κ3) is 1.66. The second-order valence-electron chi connectivity index (χ2n) is 3.77. The van der Waals surface area contributed by atoms with Crippen LogP contribution in [0.25, 0.3) is 0 Å². The first-order chi connectivity index (χ1) is 7.36. The normalized spacial score (nSPS) is 29.9. The maximum atomic E-state index is 11.6. The molecule has 0 saturated carbocycles. The third-order valence-electron chi connectivity index (χ3n) is 2.71. The Morgan fingerprint density at radius 2 is 1.75 bits per heavy atom. The molecule has 1 aliphatic rings. The van der Waals surface area contributed by atoms with E-state index in [1.54, 1.807) is 0 Å². The predicted octanol–water partition coefficient (Wildman–Crippen LogP) is 2.41. The van der Waals surface area contributed by atoms with Crippen molar-refractivity contribution in [3.05, 3.63) is 5.21 Å². The summed E-state index contributed by atoms with van der Waals surface area (Å²) in [6.07, 6.45) is 0. The van der Waals surface area contributed by atoms with E-state index in [2.05, 4.69) is 15.9 Å². The van der Waals surface area contributed by atoms with Crippen LogP contribution in [0.1, 0.15) is 13.8 Å². The van der Waals surface area contributed by atoms with Crippen molar-refractivity contribution in [1.29, 1.82) is 0 Å². The summed E-state index contributed by atoms with van der Waals surface area (Å²) >= 11 is 3.20. The van der Waals surface area contributed by atoms with E-state index >= 15 is 0 Å². The van der Waals surface area contributed by atoms with Crippen LogP contribution in [0.3, 0.4) is 0 Å². The average molecular weight is 318 g/mol. The van der Waals surface area contributed by atoms with Gasteiger partial charge in [-0.15, -0.1) is 0 Å². The van der Waals surface area contributed by atoms with Crippen molar-refractivity contribution in [2.45, 2.75) is 19.5 Å². The topological polar surface area (TPSA) is 63.0 Å². The molecule has 0 N–H and O–H groups in total. The molecular formula is C8H17BrNO5P. The minimum absolute atomic E-state index is 0.0610. The zero-order chi connectivity index (χ0) is 12.6. The van der Waals surface area contributed by atoms with E-state index in [0.29, 0.717) is 9.52 Å². The Bertz CT molecular complexity index is 307. The zero-order valence-corrected chi connectivity index (χ0v) is 12.4. The van der Waals surface area contributed by atoms with Crippen LogP contribution in [0.5, 0.6) is 0 Å². The van der Waals surface area contributed by atoms with E-state index in [1.165, 1.54) is 21.3 Å². The Kier molecular flexibility index (Phi) is 3.87. The SMILES string of the molecule is COP1(OC)(OC)O[N+]([O-])=C(Br)C1C(C)C. The van der Waals surface area contributed by atoms with Gasteiger partial charge in [-0.25, -0.2) is 0 Å². The first kappa shape index (κ1) is 14.1. The quantitative estimate of drug-likeness (QED) is 0.588. The van der Waals surface area contributed by atoms with Crippen molar-refractivity contribution in [1.82, 2.24) is 0 Å². The number of rotatable bonds is 4. The first-order valence-electron chi connectivity index (χ1n) is 4.77. The summed E-state index contributed by atoms with van der Waals surface area (Å²) in [6.45, 7) is 3.87. The monoisotopic (exact) mass is 317 g/mol. The van der Waals surface area contributed by atoms with Crippen LogP contribution in [-0.2, 0) is 18.2 Å². The molecule has 1 heterocycles. The van der Waals surface area contributed by atoms with Crippen LogP contribution in [0.15, 0.2) is 0 Å². The standard InChI is InChI=1S/C8H17BrNO5P/c1-6(2)7-8(9)10(11)15-16(7,12-3,13-4)14-5/h6-7H,1-5H3. The molecule has 0 aromatic carbocycles. The number of nitrogens with zero attached hydrogens (tertiary/aromatic N) is 1. The van der Waals surface area contributed by atoms with Crippen LogP contribution < -0.4 is 0 Å². The Balaban J connectivity index is 3.33. The fraction of sp³-hybridized carbons (Fsp3) is 0.875. The molecule has 0 bridgehead atoms. The molecule has 0 radical (unpaired) electrons. The van der Waals surface area contributed by atoms with Crippen LogP contribution in [0.4, 0.5) is 0 Å². The summed E-state index contributed by atoms with van der Waals surface area (Å²) in [7, 11) is 0.375. The van der Waals surface area contributed by atoms with E-state index in [-0.39, 0.29) is 5.92 Å². The minimum atomic E-state index is -3.87. The number of hydrogen-bond acceptors (Lipinski definition) is 5. The molecule has 0 saturated heterocycles. The Hall–Kier alpha value is 0.0600. The Labute approximate surface area is 103 Å². The summed E-state index contributed by atoms with van der Waals surface area (Å²) in [6, 6.07) is 0. The van der Waals surface area contributed by atoms with Crippen molar-refractivity contribution in [2.24, 2.45) is 5.92 Å². The Morgan fingerprint density at radius 1 is 1.31 bits per heavy atom. The molecule has 1 atom stereocenters. The summed E-state index contributed by atoms with van der Waals surface area (Å²) in [5.41, 5.74) is -0.400. The maximum absolute atomic E-state index is 11.6. The summed E-state index contributed by atoms with van der Waals surface area (Å²) < 4.78 is 21.7. The van der Waals surface area contributed by atoms with Crippen molar-refractivity contribution in [3.63, 3.8) is 0 Å². The van der Waals surface area contributed by atoms with E-state index in [4.69, 9.17) is 18.2 Å². The van der Waals surface area contributed by atoms with E-state index in [0.717, 1.165) is 0 Å². The predicted molar refractivity (Wildman–Crippen MR) is 65.2 cm³/mol. The molecule has 8 heteroatoms. The summed E-state index contributed by atoms with van der Waals surface area (Å²) in [4.78, 5) is 0.360. The van der Waals surface area contributed by atoms with Crippen molar-refractivity contribution < 1.29 is 23.1 Å². The van der Waals surface area contributed by atoms with E-state index in [9.17, 15) is 5.21 Å². The van der Waals surface area contributed by atoms with Gasteiger partial charge in [0, 0.05) is 0 Å². The van der Waals surface area contributed by atoms with Gasteiger partial charge in [0.15, 0.2) is 0 Å². The summed E-state index contributed by atoms with van der Waals surface area (Å²) in [5, 5.41) is 11.6. The zero-order valence-electron chi connectivity index (χ0n) is 9.97. The molecule has 96 valence electrons. The molecule has 1 unspecified atom stereocenters. The van der Waals surface area contributed by atoms with Crippen LogP contribution in [-0.4, -0.2) is 36.5 Å². The van der Waals surface area contributed by atoms with Crippen molar-refractivity contribution in [3.8, 4) is 0 Å². The average Bonchev–Trinajstić information content (AvgIpc) is 2.50. The van der Waals surface area contributed by atoms with Gasteiger partial charge in [0.25, 0.3) is 0 Å².